The fourth-order valence-electron chi connectivity index (χ4n) is 1.47. The molecular weight excluding hydrogens is 173 g/mol. The number of aliphatic hydroxyl groups is 1. The number of alkyl halides is 3. The summed E-state index contributed by atoms with van der Waals surface area (Å²) in [6.07, 6.45) is -5.78. The van der Waals surface area contributed by atoms with Gasteiger partial charge in [-0.15, -0.1) is 0 Å². The van der Waals surface area contributed by atoms with Crippen molar-refractivity contribution >= 4 is 0 Å². The van der Waals surface area contributed by atoms with Crippen molar-refractivity contribution in [2.45, 2.75) is 31.7 Å². The van der Waals surface area contributed by atoms with Gasteiger partial charge in [-0.3, -0.25) is 0 Å². The highest BCUT2D eigenvalue weighted by Crippen LogP contribution is 2.38. The van der Waals surface area contributed by atoms with Crippen LogP contribution in [0.2, 0.25) is 0 Å². The van der Waals surface area contributed by atoms with Crippen LogP contribution in [0.15, 0.2) is 0 Å². The van der Waals surface area contributed by atoms with E-state index in [0.29, 0.717) is 0 Å². The first-order chi connectivity index (χ1) is 5.45. The van der Waals surface area contributed by atoms with Crippen LogP contribution in [0.1, 0.15) is 13.3 Å². The zero-order valence-corrected chi connectivity index (χ0v) is 6.64. The van der Waals surface area contributed by atoms with Crippen molar-refractivity contribution in [3.8, 4) is 0 Å². The molecule has 0 bridgehead atoms. The molecule has 1 aliphatic heterocycles. The van der Waals surface area contributed by atoms with Gasteiger partial charge >= 0.3 is 6.18 Å². The van der Waals surface area contributed by atoms with Gasteiger partial charge < -0.3 is 9.84 Å². The van der Waals surface area contributed by atoms with E-state index < -0.39 is 30.9 Å². The summed E-state index contributed by atoms with van der Waals surface area (Å²) in [6.45, 7) is 1.02. The lowest BCUT2D eigenvalue weighted by atomic mass is 10.00. The third-order valence-electron chi connectivity index (χ3n) is 2.04. The van der Waals surface area contributed by atoms with Crippen LogP contribution in [-0.4, -0.2) is 30.1 Å². The van der Waals surface area contributed by atoms with E-state index in [-0.39, 0.29) is 6.42 Å². The van der Waals surface area contributed by atoms with E-state index in [9.17, 15) is 13.2 Å². The van der Waals surface area contributed by atoms with Crippen molar-refractivity contribution in [2.75, 3.05) is 6.61 Å². The van der Waals surface area contributed by atoms with E-state index in [1.165, 1.54) is 0 Å². The Morgan fingerprint density at radius 3 is 2.42 bits per heavy atom. The SMILES string of the molecule is CC1C[C@@H](C(F)(F)F)[C@@H](CO)O1. The van der Waals surface area contributed by atoms with Crippen molar-refractivity contribution in [1.29, 1.82) is 0 Å². The third-order valence-corrected chi connectivity index (χ3v) is 2.04. The standard InChI is InChI=1S/C7H11F3O2/c1-4-2-5(7(8,9)10)6(3-11)12-4/h4-6,11H,2-3H2,1H3/t4?,5-,6-/m1/s1. The average Bonchev–Trinajstić information content (AvgIpc) is 2.29. The second kappa shape index (κ2) is 3.22. The fraction of sp³-hybridized carbons (Fsp3) is 1.00. The molecule has 1 heterocycles. The first-order valence-corrected chi connectivity index (χ1v) is 3.78. The highest BCUT2D eigenvalue weighted by atomic mass is 19.4. The van der Waals surface area contributed by atoms with Gasteiger partial charge in [0.2, 0.25) is 0 Å². The molecule has 1 unspecified atom stereocenters. The molecule has 1 fully saturated rings. The summed E-state index contributed by atoms with van der Waals surface area (Å²) in [5, 5.41) is 8.59. The lowest BCUT2D eigenvalue weighted by Crippen LogP contribution is -2.32. The van der Waals surface area contributed by atoms with Gasteiger partial charge in [-0.05, 0) is 13.3 Å². The number of rotatable bonds is 1. The van der Waals surface area contributed by atoms with Gasteiger partial charge in [0.25, 0.3) is 0 Å². The summed E-state index contributed by atoms with van der Waals surface area (Å²) in [5.74, 6) is -1.50. The summed E-state index contributed by atoms with van der Waals surface area (Å²) in [7, 11) is 0. The van der Waals surface area contributed by atoms with Crippen molar-refractivity contribution in [1.82, 2.24) is 0 Å². The first-order valence-electron chi connectivity index (χ1n) is 3.78. The minimum atomic E-state index is -4.25. The van der Waals surface area contributed by atoms with Crippen LogP contribution in [0.3, 0.4) is 0 Å². The van der Waals surface area contributed by atoms with Crippen LogP contribution in [0.25, 0.3) is 0 Å². The monoisotopic (exact) mass is 184 g/mol. The van der Waals surface area contributed by atoms with Gasteiger partial charge in [-0.2, -0.15) is 13.2 Å². The number of halogens is 3. The largest absolute Gasteiger partial charge is 0.394 e. The van der Waals surface area contributed by atoms with Gasteiger partial charge in [0.15, 0.2) is 0 Å². The Labute approximate surface area is 68.3 Å². The van der Waals surface area contributed by atoms with E-state index in [2.05, 4.69) is 0 Å². The molecule has 1 aliphatic rings. The molecule has 2 nitrogen and oxygen atoms in total. The number of hydrogen-bond acceptors (Lipinski definition) is 2. The molecule has 1 saturated heterocycles. The van der Waals surface area contributed by atoms with Gasteiger partial charge in [-0.25, -0.2) is 0 Å². The second-order valence-corrected chi connectivity index (χ2v) is 3.05. The van der Waals surface area contributed by atoms with Crippen molar-refractivity contribution in [3.05, 3.63) is 0 Å². The molecule has 3 atom stereocenters. The van der Waals surface area contributed by atoms with Gasteiger partial charge in [0.05, 0.1) is 24.7 Å². The summed E-state index contributed by atoms with van der Waals surface area (Å²) >= 11 is 0. The molecule has 72 valence electrons. The third kappa shape index (κ3) is 1.90. The first kappa shape index (κ1) is 9.80. The summed E-state index contributed by atoms with van der Waals surface area (Å²) < 4.78 is 41.4. The highest BCUT2D eigenvalue weighted by molar-refractivity contribution is 4.84. The molecular formula is C7H11F3O2. The molecule has 0 saturated carbocycles. The fourth-order valence-corrected chi connectivity index (χ4v) is 1.47. The van der Waals surface area contributed by atoms with Crippen LogP contribution < -0.4 is 0 Å². The molecule has 0 amide bonds. The molecule has 0 aromatic rings. The normalized spacial score (nSPS) is 37.2. The summed E-state index contributed by atoms with van der Waals surface area (Å²) in [6, 6.07) is 0. The topological polar surface area (TPSA) is 29.5 Å². The molecule has 0 spiro atoms. The van der Waals surface area contributed by atoms with Crippen LogP contribution >= 0.6 is 0 Å². The molecule has 0 aliphatic carbocycles. The van der Waals surface area contributed by atoms with Gasteiger partial charge in [0, 0.05) is 0 Å². The molecule has 0 aromatic heterocycles. The van der Waals surface area contributed by atoms with Crippen LogP contribution in [0.4, 0.5) is 13.2 Å². The number of hydrogen-bond donors (Lipinski definition) is 1. The Hall–Kier alpha value is -0.290. The quantitative estimate of drug-likeness (QED) is 0.666. The Morgan fingerprint density at radius 2 is 2.08 bits per heavy atom. The minimum absolute atomic E-state index is 0.0469. The Balaban J connectivity index is 2.64. The zero-order chi connectivity index (χ0) is 9.35. The molecule has 12 heavy (non-hydrogen) atoms. The maximum absolute atomic E-state index is 12.2. The zero-order valence-electron chi connectivity index (χ0n) is 6.64. The minimum Gasteiger partial charge on any atom is -0.394 e. The maximum Gasteiger partial charge on any atom is 0.394 e. The summed E-state index contributed by atoms with van der Waals surface area (Å²) in [4.78, 5) is 0. The van der Waals surface area contributed by atoms with E-state index >= 15 is 0 Å². The predicted molar refractivity (Wildman–Crippen MR) is 35.6 cm³/mol. The van der Waals surface area contributed by atoms with Gasteiger partial charge in [0.1, 0.15) is 0 Å². The van der Waals surface area contributed by atoms with Gasteiger partial charge in [-0.1, -0.05) is 0 Å². The van der Waals surface area contributed by atoms with E-state index in [1.807, 2.05) is 0 Å². The van der Waals surface area contributed by atoms with Crippen molar-refractivity contribution < 1.29 is 23.0 Å². The maximum atomic E-state index is 12.2. The van der Waals surface area contributed by atoms with E-state index in [4.69, 9.17) is 9.84 Å². The smallest absolute Gasteiger partial charge is 0.394 e. The lowest BCUT2D eigenvalue weighted by molar-refractivity contribution is -0.190. The number of ether oxygens (including phenoxy) is 1. The highest BCUT2D eigenvalue weighted by Gasteiger charge is 2.49. The summed E-state index contributed by atoms with van der Waals surface area (Å²) in [5.41, 5.74) is 0. The van der Waals surface area contributed by atoms with Crippen LogP contribution in [0, 0.1) is 5.92 Å². The van der Waals surface area contributed by atoms with Crippen molar-refractivity contribution in [3.63, 3.8) is 0 Å². The second-order valence-electron chi connectivity index (χ2n) is 3.05. The molecule has 0 radical (unpaired) electrons. The molecule has 5 heteroatoms. The van der Waals surface area contributed by atoms with Crippen LogP contribution in [0.5, 0.6) is 0 Å². The lowest BCUT2D eigenvalue weighted by Gasteiger charge is -2.18. The molecule has 1 rings (SSSR count). The molecule has 0 aromatic carbocycles. The Kier molecular flexibility index (Phi) is 2.63. The predicted octanol–water partition coefficient (Wildman–Crippen LogP) is 1.33. The Morgan fingerprint density at radius 1 is 1.50 bits per heavy atom. The van der Waals surface area contributed by atoms with E-state index in [1.54, 1.807) is 6.92 Å². The van der Waals surface area contributed by atoms with Crippen LogP contribution in [-0.2, 0) is 4.74 Å². The average molecular weight is 184 g/mol. The number of aliphatic hydroxyl groups excluding tert-OH is 1. The Bertz CT molecular complexity index is 157. The van der Waals surface area contributed by atoms with Crippen molar-refractivity contribution in [2.24, 2.45) is 5.92 Å². The molecule has 1 N–H and O–H groups in total. The van der Waals surface area contributed by atoms with E-state index in [0.717, 1.165) is 0 Å².